The van der Waals surface area contributed by atoms with Gasteiger partial charge in [-0.15, -0.1) is 0 Å². The predicted molar refractivity (Wildman–Crippen MR) is 64.3 cm³/mol. The second kappa shape index (κ2) is 6.09. The summed E-state index contributed by atoms with van der Waals surface area (Å²) in [5.74, 6) is 0.858. The minimum absolute atomic E-state index is 0.565. The number of hydrogen-bond acceptors (Lipinski definition) is 3. The number of nitrogens with two attached hydrogens (primary N) is 1. The molecule has 3 heteroatoms. The van der Waals surface area contributed by atoms with Crippen LogP contribution in [-0.2, 0) is 0 Å². The largest absolute Gasteiger partial charge is 0.489 e. The number of benzene rings is 1. The van der Waals surface area contributed by atoms with Gasteiger partial charge in [0.1, 0.15) is 12.4 Å². The first-order chi connectivity index (χ1) is 7.22. The Labute approximate surface area is 90.9 Å². The quantitative estimate of drug-likeness (QED) is 0.700. The van der Waals surface area contributed by atoms with E-state index in [1.165, 1.54) is 0 Å². The van der Waals surface area contributed by atoms with Crippen molar-refractivity contribution < 1.29 is 4.74 Å². The molecule has 0 aliphatic carbocycles. The third kappa shape index (κ3) is 4.51. The second-order valence-electron chi connectivity index (χ2n) is 3.49. The molecule has 3 nitrogen and oxygen atoms in total. The molecule has 3 N–H and O–H groups in total. The van der Waals surface area contributed by atoms with Crippen LogP contribution in [0.15, 0.2) is 36.4 Å². The molecule has 0 amide bonds. The predicted octanol–water partition coefficient (Wildman–Crippen LogP) is 2.01. The van der Waals surface area contributed by atoms with Gasteiger partial charge in [0.25, 0.3) is 0 Å². The van der Waals surface area contributed by atoms with Gasteiger partial charge in [0, 0.05) is 18.8 Å². The fraction of sp³-hybridized carbons (Fsp3) is 0.333. The Morgan fingerprint density at radius 3 is 2.60 bits per heavy atom. The molecule has 82 valence electrons. The molecule has 0 saturated carbocycles. The topological polar surface area (TPSA) is 47.3 Å². The Kier molecular flexibility index (Phi) is 4.71. The number of ether oxygens (including phenoxy) is 1. The second-order valence-corrected chi connectivity index (χ2v) is 3.49. The van der Waals surface area contributed by atoms with Crippen LogP contribution in [0, 0.1) is 0 Å². The van der Waals surface area contributed by atoms with Gasteiger partial charge in [-0.3, -0.25) is 0 Å². The molecule has 0 spiro atoms. The van der Waals surface area contributed by atoms with Crippen molar-refractivity contribution in [1.82, 2.24) is 0 Å². The van der Waals surface area contributed by atoms with Gasteiger partial charge in [-0.1, -0.05) is 6.58 Å². The Hall–Kier alpha value is -1.48. The van der Waals surface area contributed by atoms with Crippen LogP contribution in [-0.4, -0.2) is 19.7 Å². The van der Waals surface area contributed by atoms with Crippen molar-refractivity contribution in [2.75, 3.05) is 25.0 Å². The smallest absolute Gasteiger partial charge is 0.119 e. The number of nitrogens with one attached hydrogen (secondary N) is 1. The maximum absolute atomic E-state index is 5.47. The molecule has 0 saturated heterocycles. The highest BCUT2D eigenvalue weighted by Gasteiger charge is 1.94. The van der Waals surface area contributed by atoms with E-state index in [4.69, 9.17) is 10.5 Å². The van der Waals surface area contributed by atoms with Crippen molar-refractivity contribution in [2.24, 2.45) is 5.73 Å². The van der Waals surface area contributed by atoms with E-state index in [1.54, 1.807) is 0 Å². The van der Waals surface area contributed by atoms with Crippen LogP contribution >= 0.6 is 0 Å². The van der Waals surface area contributed by atoms with Crippen LogP contribution in [0.1, 0.15) is 6.92 Å². The summed E-state index contributed by atoms with van der Waals surface area (Å²) in [4.78, 5) is 0. The molecule has 1 aromatic carbocycles. The SMILES string of the molecule is C=C(C)COc1ccc(NCCN)cc1. The van der Waals surface area contributed by atoms with Crippen molar-refractivity contribution >= 4 is 5.69 Å². The van der Waals surface area contributed by atoms with Crippen molar-refractivity contribution in [2.45, 2.75) is 6.92 Å². The van der Waals surface area contributed by atoms with Crippen molar-refractivity contribution in [3.63, 3.8) is 0 Å². The molecule has 0 aliphatic heterocycles. The average Bonchev–Trinajstić information content (AvgIpc) is 2.25. The fourth-order valence-corrected chi connectivity index (χ4v) is 1.09. The summed E-state index contributed by atoms with van der Waals surface area (Å²) in [6, 6.07) is 7.82. The normalized spacial score (nSPS) is 9.73. The standard InChI is InChI=1S/C12H18N2O/c1-10(2)9-15-12-5-3-11(4-6-12)14-8-7-13/h3-6,14H,1,7-9,13H2,2H3. The van der Waals surface area contributed by atoms with Gasteiger partial charge in [0.05, 0.1) is 0 Å². The van der Waals surface area contributed by atoms with E-state index in [-0.39, 0.29) is 0 Å². The van der Waals surface area contributed by atoms with Gasteiger partial charge >= 0.3 is 0 Å². The third-order valence-corrected chi connectivity index (χ3v) is 1.81. The number of rotatable bonds is 6. The Morgan fingerprint density at radius 1 is 1.40 bits per heavy atom. The molecule has 0 aliphatic rings. The van der Waals surface area contributed by atoms with Crippen molar-refractivity contribution in [3.05, 3.63) is 36.4 Å². The first-order valence-electron chi connectivity index (χ1n) is 5.03. The third-order valence-electron chi connectivity index (χ3n) is 1.81. The highest BCUT2D eigenvalue weighted by molar-refractivity contribution is 5.46. The molecule has 1 aromatic rings. The maximum atomic E-state index is 5.47. The fourth-order valence-electron chi connectivity index (χ4n) is 1.09. The summed E-state index contributed by atoms with van der Waals surface area (Å²) >= 11 is 0. The van der Waals surface area contributed by atoms with Gasteiger partial charge < -0.3 is 15.8 Å². The van der Waals surface area contributed by atoms with Crippen molar-refractivity contribution in [3.8, 4) is 5.75 Å². The lowest BCUT2D eigenvalue weighted by Gasteiger charge is -2.07. The van der Waals surface area contributed by atoms with E-state index in [0.717, 1.165) is 23.6 Å². The molecule has 1 rings (SSSR count). The zero-order chi connectivity index (χ0) is 11.1. The Morgan fingerprint density at radius 2 is 2.07 bits per heavy atom. The molecular weight excluding hydrogens is 188 g/mol. The van der Waals surface area contributed by atoms with Gasteiger partial charge in [0.15, 0.2) is 0 Å². The molecule has 0 atom stereocenters. The summed E-state index contributed by atoms with van der Waals surface area (Å²) in [5, 5.41) is 3.19. The molecular formula is C12H18N2O. The van der Waals surface area contributed by atoms with Crippen molar-refractivity contribution in [1.29, 1.82) is 0 Å². The molecule has 0 radical (unpaired) electrons. The molecule has 0 unspecified atom stereocenters. The van der Waals surface area contributed by atoms with E-state index in [1.807, 2.05) is 31.2 Å². The van der Waals surface area contributed by atoms with Crippen LogP contribution in [0.2, 0.25) is 0 Å². The minimum atomic E-state index is 0.565. The number of hydrogen-bond donors (Lipinski definition) is 2. The van der Waals surface area contributed by atoms with E-state index in [2.05, 4.69) is 11.9 Å². The molecule has 0 fully saturated rings. The van der Waals surface area contributed by atoms with Gasteiger partial charge in [-0.05, 0) is 36.8 Å². The lowest BCUT2D eigenvalue weighted by molar-refractivity contribution is 0.353. The monoisotopic (exact) mass is 206 g/mol. The van der Waals surface area contributed by atoms with Crippen LogP contribution < -0.4 is 15.8 Å². The Bertz CT molecular complexity index is 306. The molecule has 0 bridgehead atoms. The number of anilines is 1. The lowest BCUT2D eigenvalue weighted by Crippen LogP contribution is -2.12. The van der Waals surface area contributed by atoms with Crippen LogP contribution in [0.25, 0.3) is 0 Å². The first kappa shape index (κ1) is 11.6. The summed E-state index contributed by atoms with van der Waals surface area (Å²) in [5.41, 5.74) is 7.46. The highest BCUT2D eigenvalue weighted by atomic mass is 16.5. The summed E-state index contributed by atoms with van der Waals surface area (Å²) in [6.45, 7) is 7.70. The van der Waals surface area contributed by atoms with Gasteiger partial charge in [0.2, 0.25) is 0 Å². The van der Waals surface area contributed by atoms with E-state index < -0.39 is 0 Å². The zero-order valence-electron chi connectivity index (χ0n) is 9.12. The maximum Gasteiger partial charge on any atom is 0.119 e. The summed E-state index contributed by atoms with van der Waals surface area (Å²) in [7, 11) is 0. The average molecular weight is 206 g/mol. The van der Waals surface area contributed by atoms with Gasteiger partial charge in [-0.2, -0.15) is 0 Å². The van der Waals surface area contributed by atoms with Crippen LogP contribution in [0.5, 0.6) is 5.75 Å². The van der Waals surface area contributed by atoms with E-state index >= 15 is 0 Å². The van der Waals surface area contributed by atoms with E-state index in [9.17, 15) is 0 Å². The highest BCUT2D eigenvalue weighted by Crippen LogP contribution is 2.15. The van der Waals surface area contributed by atoms with Crippen LogP contribution in [0.4, 0.5) is 5.69 Å². The zero-order valence-corrected chi connectivity index (χ0v) is 9.12. The lowest BCUT2D eigenvalue weighted by atomic mass is 10.3. The molecule has 15 heavy (non-hydrogen) atoms. The Balaban J connectivity index is 2.45. The molecule has 0 aromatic heterocycles. The molecule has 0 heterocycles. The minimum Gasteiger partial charge on any atom is -0.489 e. The summed E-state index contributed by atoms with van der Waals surface area (Å²) < 4.78 is 5.47. The first-order valence-corrected chi connectivity index (χ1v) is 5.03. The van der Waals surface area contributed by atoms with Crippen LogP contribution in [0.3, 0.4) is 0 Å². The van der Waals surface area contributed by atoms with Gasteiger partial charge in [-0.25, -0.2) is 0 Å². The summed E-state index contributed by atoms with van der Waals surface area (Å²) in [6.07, 6.45) is 0. The van der Waals surface area contributed by atoms with E-state index in [0.29, 0.717) is 13.2 Å².